The zero-order valence-electron chi connectivity index (χ0n) is 19.6. The van der Waals surface area contributed by atoms with Crippen LogP contribution in [0.3, 0.4) is 0 Å². The first-order valence-electron chi connectivity index (χ1n) is 11.9. The molecular weight excluding hydrogens is 494 g/mol. The number of H-pyrrole nitrogens is 1. The summed E-state index contributed by atoms with van der Waals surface area (Å²) >= 11 is 1.45. The highest BCUT2D eigenvalue weighted by molar-refractivity contribution is 7.99. The summed E-state index contributed by atoms with van der Waals surface area (Å²) in [4.78, 5) is 17.5. The number of carbonyl (C=O) groups excluding carboxylic acids is 1. The van der Waals surface area contributed by atoms with Crippen LogP contribution < -0.4 is 5.32 Å². The molecule has 10 heteroatoms. The second kappa shape index (κ2) is 10.8. The van der Waals surface area contributed by atoms with Crippen LogP contribution in [-0.2, 0) is 14.8 Å². The van der Waals surface area contributed by atoms with Crippen molar-refractivity contribution in [2.45, 2.75) is 22.9 Å². The Kier molecular flexibility index (Phi) is 7.35. The van der Waals surface area contributed by atoms with Crippen molar-refractivity contribution in [2.24, 2.45) is 5.92 Å². The number of fused-ring (bicyclic) bond motifs is 1. The standard InChI is InChI=1S/C26H27N5O3S2/c32-25(27-14-16-35-26-28-24(29-30-26)20-8-2-1-3-9-20)22-11-6-15-31(18-22)36(33,34)23-13-12-19-7-4-5-10-21(19)17-23/h1-5,7-10,12-13,17,22H,6,11,14-16,18H2,(H,27,32)(H,28,29,30)/t22-/m1/s1. The van der Waals surface area contributed by atoms with Crippen LogP contribution in [0.1, 0.15) is 12.8 Å². The lowest BCUT2D eigenvalue weighted by atomic mass is 9.99. The highest BCUT2D eigenvalue weighted by atomic mass is 32.2. The number of benzene rings is 3. The lowest BCUT2D eigenvalue weighted by Crippen LogP contribution is -2.45. The first-order valence-corrected chi connectivity index (χ1v) is 14.3. The highest BCUT2D eigenvalue weighted by Crippen LogP contribution is 2.26. The van der Waals surface area contributed by atoms with E-state index in [1.807, 2.05) is 60.7 Å². The normalized spacial score (nSPS) is 16.7. The fourth-order valence-electron chi connectivity index (χ4n) is 4.35. The molecule has 1 aliphatic heterocycles. The van der Waals surface area contributed by atoms with E-state index in [0.29, 0.717) is 42.7 Å². The van der Waals surface area contributed by atoms with E-state index in [0.717, 1.165) is 16.3 Å². The number of nitrogens with one attached hydrogen (secondary N) is 2. The zero-order valence-corrected chi connectivity index (χ0v) is 21.3. The Bertz CT molecular complexity index is 1460. The van der Waals surface area contributed by atoms with Gasteiger partial charge in [-0.2, -0.15) is 4.31 Å². The van der Waals surface area contributed by atoms with Gasteiger partial charge in [-0.05, 0) is 35.7 Å². The molecule has 0 saturated carbocycles. The van der Waals surface area contributed by atoms with E-state index >= 15 is 0 Å². The number of aromatic nitrogens is 3. The second-order valence-corrected chi connectivity index (χ2v) is 11.7. The monoisotopic (exact) mass is 521 g/mol. The molecule has 2 N–H and O–H groups in total. The third-order valence-electron chi connectivity index (χ3n) is 6.26. The van der Waals surface area contributed by atoms with E-state index in [1.54, 1.807) is 12.1 Å². The quantitative estimate of drug-likeness (QED) is 0.269. The van der Waals surface area contributed by atoms with Gasteiger partial charge in [0.2, 0.25) is 21.1 Å². The van der Waals surface area contributed by atoms with Crippen molar-refractivity contribution in [2.75, 3.05) is 25.4 Å². The van der Waals surface area contributed by atoms with Crippen LogP contribution in [0, 0.1) is 5.92 Å². The number of amides is 1. The molecule has 5 rings (SSSR count). The number of piperidine rings is 1. The Morgan fingerprint density at radius 1 is 1.06 bits per heavy atom. The molecule has 1 amide bonds. The Morgan fingerprint density at radius 2 is 1.83 bits per heavy atom. The summed E-state index contributed by atoms with van der Waals surface area (Å²) in [6.45, 7) is 1.06. The molecule has 1 saturated heterocycles. The minimum atomic E-state index is -3.67. The van der Waals surface area contributed by atoms with Gasteiger partial charge >= 0.3 is 0 Å². The van der Waals surface area contributed by atoms with Gasteiger partial charge in [0.25, 0.3) is 0 Å². The third-order valence-corrected chi connectivity index (χ3v) is 8.97. The maximum Gasteiger partial charge on any atom is 0.243 e. The van der Waals surface area contributed by atoms with E-state index in [2.05, 4.69) is 20.5 Å². The van der Waals surface area contributed by atoms with Gasteiger partial charge in [-0.15, -0.1) is 5.10 Å². The summed E-state index contributed by atoms with van der Waals surface area (Å²) in [7, 11) is -3.67. The molecular formula is C26H27N5O3S2. The van der Waals surface area contributed by atoms with Gasteiger partial charge < -0.3 is 5.32 Å². The van der Waals surface area contributed by atoms with E-state index in [4.69, 9.17) is 0 Å². The van der Waals surface area contributed by atoms with Gasteiger partial charge in [0.05, 0.1) is 10.8 Å². The number of sulfonamides is 1. The van der Waals surface area contributed by atoms with Crippen molar-refractivity contribution in [1.82, 2.24) is 24.8 Å². The molecule has 3 aromatic carbocycles. The van der Waals surface area contributed by atoms with Gasteiger partial charge in [0.15, 0.2) is 5.82 Å². The second-order valence-electron chi connectivity index (χ2n) is 8.68. The van der Waals surface area contributed by atoms with Crippen LogP contribution in [0.5, 0.6) is 0 Å². The average molecular weight is 522 g/mol. The van der Waals surface area contributed by atoms with Gasteiger partial charge in [-0.1, -0.05) is 72.4 Å². The first-order chi connectivity index (χ1) is 17.5. The van der Waals surface area contributed by atoms with Gasteiger partial charge in [-0.3, -0.25) is 9.89 Å². The smallest absolute Gasteiger partial charge is 0.243 e. The van der Waals surface area contributed by atoms with E-state index in [1.165, 1.54) is 16.1 Å². The number of hydrogen-bond acceptors (Lipinski definition) is 6. The molecule has 8 nitrogen and oxygen atoms in total. The molecule has 0 aliphatic carbocycles. The lowest BCUT2D eigenvalue weighted by Gasteiger charge is -2.31. The molecule has 1 fully saturated rings. The number of hydrogen-bond donors (Lipinski definition) is 2. The summed E-state index contributed by atoms with van der Waals surface area (Å²) in [5.74, 6) is 0.835. The number of carbonyl (C=O) groups is 1. The Morgan fingerprint density at radius 3 is 2.67 bits per heavy atom. The summed E-state index contributed by atoms with van der Waals surface area (Å²) < 4.78 is 28.0. The molecule has 0 spiro atoms. The van der Waals surface area contributed by atoms with Crippen LogP contribution in [0.4, 0.5) is 0 Å². The van der Waals surface area contributed by atoms with Crippen LogP contribution in [-0.4, -0.2) is 59.2 Å². The molecule has 186 valence electrons. The topological polar surface area (TPSA) is 108 Å². The molecule has 1 aromatic heterocycles. The maximum absolute atomic E-state index is 13.3. The van der Waals surface area contributed by atoms with Crippen molar-refractivity contribution in [3.8, 4) is 11.4 Å². The van der Waals surface area contributed by atoms with Gasteiger partial charge in [-0.25, -0.2) is 13.4 Å². The van der Waals surface area contributed by atoms with Crippen LogP contribution in [0.2, 0.25) is 0 Å². The summed E-state index contributed by atoms with van der Waals surface area (Å²) in [6, 6.07) is 22.6. The molecule has 0 unspecified atom stereocenters. The number of nitrogens with zero attached hydrogens (tertiary/aromatic N) is 3. The first kappa shape index (κ1) is 24.5. The van der Waals surface area contributed by atoms with Crippen molar-refractivity contribution in [3.63, 3.8) is 0 Å². The van der Waals surface area contributed by atoms with Crippen LogP contribution >= 0.6 is 11.8 Å². The van der Waals surface area contributed by atoms with Crippen molar-refractivity contribution >= 4 is 38.5 Å². The molecule has 0 radical (unpaired) electrons. The van der Waals surface area contributed by atoms with Crippen LogP contribution in [0.15, 0.2) is 82.8 Å². The van der Waals surface area contributed by atoms with Crippen molar-refractivity contribution in [1.29, 1.82) is 0 Å². The predicted octanol–water partition coefficient (Wildman–Crippen LogP) is 3.93. The fourth-order valence-corrected chi connectivity index (χ4v) is 6.56. The van der Waals surface area contributed by atoms with E-state index in [-0.39, 0.29) is 23.3 Å². The Hall–Kier alpha value is -3.21. The number of thioether (sulfide) groups is 1. The molecule has 1 atom stereocenters. The van der Waals surface area contributed by atoms with E-state index in [9.17, 15) is 13.2 Å². The minimum Gasteiger partial charge on any atom is -0.355 e. The minimum absolute atomic E-state index is 0.117. The largest absolute Gasteiger partial charge is 0.355 e. The molecule has 2 heterocycles. The SMILES string of the molecule is O=C(NCCSc1n[nH]c(-c2ccccc2)n1)[C@@H]1CCCN(S(=O)(=O)c2ccc3ccccc3c2)C1. The molecule has 0 bridgehead atoms. The zero-order chi connectivity index (χ0) is 25.0. The lowest BCUT2D eigenvalue weighted by molar-refractivity contribution is -0.125. The Balaban J connectivity index is 1.14. The third kappa shape index (κ3) is 5.45. The van der Waals surface area contributed by atoms with Crippen molar-refractivity contribution in [3.05, 3.63) is 72.8 Å². The van der Waals surface area contributed by atoms with Gasteiger partial charge in [0.1, 0.15) is 0 Å². The number of aromatic amines is 1. The fraction of sp³-hybridized carbons (Fsp3) is 0.269. The summed E-state index contributed by atoms with van der Waals surface area (Å²) in [5.41, 5.74) is 0.964. The Labute approximate surface area is 214 Å². The molecule has 36 heavy (non-hydrogen) atoms. The maximum atomic E-state index is 13.3. The molecule has 4 aromatic rings. The van der Waals surface area contributed by atoms with Gasteiger partial charge in [0, 0.05) is 31.0 Å². The summed E-state index contributed by atoms with van der Waals surface area (Å²) in [5, 5.41) is 12.6. The van der Waals surface area contributed by atoms with Crippen LogP contribution in [0.25, 0.3) is 22.2 Å². The van der Waals surface area contributed by atoms with Crippen molar-refractivity contribution < 1.29 is 13.2 Å². The summed E-state index contributed by atoms with van der Waals surface area (Å²) in [6.07, 6.45) is 1.32. The molecule has 1 aliphatic rings. The number of rotatable bonds is 8. The van der Waals surface area contributed by atoms with E-state index < -0.39 is 10.0 Å². The highest BCUT2D eigenvalue weighted by Gasteiger charge is 2.33. The predicted molar refractivity (Wildman–Crippen MR) is 141 cm³/mol. The average Bonchev–Trinajstić information content (AvgIpc) is 3.40.